The molecule has 0 radical (unpaired) electrons. The molecule has 2 aliphatic heterocycles. The van der Waals surface area contributed by atoms with Crippen LogP contribution in [0.2, 0.25) is 4.31 Å². The maximum absolute atomic E-state index is 12.8. The normalized spacial score (nSPS) is 35.6. The minimum absolute atomic E-state index is 0.0195. The van der Waals surface area contributed by atoms with Crippen LogP contribution in [0.15, 0.2) is 60.7 Å². The molecule has 2 heterocycles. The molecule has 5 heteroatoms. The molecule has 134 valence electrons. The summed E-state index contributed by atoms with van der Waals surface area (Å²) in [7, 11) is 0. The van der Waals surface area contributed by atoms with Crippen molar-refractivity contribution in [1.29, 1.82) is 0 Å². The molecule has 5 rings (SSSR count). The van der Waals surface area contributed by atoms with Crippen molar-refractivity contribution in [1.82, 2.24) is 0 Å². The van der Waals surface area contributed by atoms with Crippen molar-refractivity contribution >= 4 is 25.4 Å². The third-order valence-electron chi connectivity index (χ3n) is 5.57. The molecule has 3 fully saturated rings. The molecule has 2 saturated heterocycles. The number of hydrogen-bond acceptors (Lipinski definition) is 4. The van der Waals surface area contributed by atoms with Crippen molar-refractivity contribution in [3.8, 4) is 0 Å². The Morgan fingerprint density at radius 2 is 1.62 bits per heavy atom. The Bertz CT molecular complexity index is 796. The van der Waals surface area contributed by atoms with Crippen molar-refractivity contribution < 1.29 is 19.0 Å². The Morgan fingerprint density at radius 3 is 2.38 bits per heavy atom. The van der Waals surface area contributed by atoms with Crippen molar-refractivity contribution in [2.45, 2.75) is 35.7 Å². The van der Waals surface area contributed by atoms with Gasteiger partial charge in [-0.15, -0.1) is 0 Å². The molecule has 0 bridgehead atoms. The molecule has 26 heavy (non-hydrogen) atoms. The fourth-order valence-electron chi connectivity index (χ4n) is 4.23. The molecule has 5 atom stereocenters. The van der Waals surface area contributed by atoms with Gasteiger partial charge in [0.25, 0.3) is 0 Å². The number of rotatable bonds is 3. The standard InChI is InChI=1S/C21H20O4Se/c22-20-21(26-16-9-5-2-6-10-16)12-18-17(11-15(21)13-23-20)24-19(25-18)14-7-3-1-4-8-14/h1-10,15,17-19H,11-13H2/t15-,17+,18-,19-,21+/m0/s1. The second-order valence-electron chi connectivity index (χ2n) is 7.13. The van der Waals surface area contributed by atoms with Crippen molar-refractivity contribution in [2.75, 3.05) is 6.61 Å². The van der Waals surface area contributed by atoms with Gasteiger partial charge >= 0.3 is 159 Å². The third-order valence-corrected chi connectivity index (χ3v) is 8.80. The van der Waals surface area contributed by atoms with Crippen LogP contribution >= 0.6 is 0 Å². The Morgan fingerprint density at radius 1 is 0.923 bits per heavy atom. The van der Waals surface area contributed by atoms with E-state index in [1.807, 2.05) is 48.5 Å². The molecule has 3 aliphatic rings. The monoisotopic (exact) mass is 416 g/mol. The summed E-state index contributed by atoms with van der Waals surface area (Å²) in [5.41, 5.74) is 1.04. The number of fused-ring (bicyclic) bond motifs is 2. The number of esters is 1. The van der Waals surface area contributed by atoms with Gasteiger partial charge in [-0.2, -0.15) is 0 Å². The maximum atomic E-state index is 12.8. The first kappa shape index (κ1) is 16.5. The zero-order valence-corrected chi connectivity index (χ0v) is 16.0. The fourth-order valence-corrected chi connectivity index (χ4v) is 7.24. The Balaban J connectivity index is 1.41. The van der Waals surface area contributed by atoms with Gasteiger partial charge in [0, 0.05) is 0 Å². The van der Waals surface area contributed by atoms with Crippen LogP contribution < -0.4 is 4.46 Å². The quantitative estimate of drug-likeness (QED) is 0.571. The Kier molecular flexibility index (Phi) is 4.13. The van der Waals surface area contributed by atoms with Crippen molar-refractivity contribution in [3.63, 3.8) is 0 Å². The second kappa shape index (κ2) is 6.50. The average molecular weight is 415 g/mol. The fraction of sp³-hybridized carbons (Fsp3) is 0.381. The van der Waals surface area contributed by atoms with Gasteiger partial charge < -0.3 is 0 Å². The van der Waals surface area contributed by atoms with Gasteiger partial charge in [-0.3, -0.25) is 0 Å². The summed E-state index contributed by atoms with van der Waals surface area (Å²) >= 11 is 0.0195. The Hall–Kier alpha value is -1.65. The molecule has 1 saturated carbocycles. The zero-order chi connectivity index (χ0) is 17.6. The van der Waals surface area contributed by atoms with E-state index in [0.29, 0.717) is 13.0 Å². The summed E-state index contributed by atoms with van der Waals surface area (Å²) in [6, 6.07) is 20.4. The molecule has 0 spiro atoms. The molecular formula is C21H20O4Se. The SMILES string of the molecule is O=C1OC[C@@H]2C[C@H]3O[C@H](c4ccccc4)O[C@H]3C[C@]12[Se]c1ccccc1. The molecule has 0 amide bonds. The van der Waals surface area contributed by atoms with Crippen LogP contribution in [0.4, 0.5) is 0 Å². The van der Waals surface area contributed by atoms with E-state index < -0.39 is 4.31 Å². The van der Waals surface area contributed by atoms with Gasteiger partial charge in [0.15, 0.2) is 0 Å². The summed E-state index contributed by atoms with van der Waals surface area (Å²) in [5, 5.41) is 0. The summed E-state index contributed by atoms with van der Waals surface area (Å²) in [6.07, 6.45) is 1.18. The summed E-state index contributed by atoms with van der Waals surface area (Å²) in [4.78, 5) is 12.8. The molecular weight excluding hydrogens is 395 g/mol. The van der Waals surface area contributed by atoms with Gasteiger partial charge in [0.1, 0.15) is 0 Å². The van der Waals surface area contributed by atoms with Crippen LogP contribution in [-0.2, 0) is 19.0 Å². The molecule has 4 nitrogen and oxygen atoms in total. The van der Waals surface area contributed by atoms with Crippen LogP contribution in [0.3, 0.4) is 0 Å². The van der Waals surface area contributed by atoms with Gasteiger partial charge in [-0.1, -0.05) is 0 Å². The van der Waals surface area contributed by atoms with E-state index in [4.69, 9.17) is 14.2 Å². The van der Waals surface area contributed by atoms with Crippen LogP contribution in [0, 0.1) is 5.92 Å². The topological polar surface area (TPSA) is 44.8 Å². The first-order valence-electron chi connectivity index (χ1n) is 9.02. The van der Waals surface area contributed by atoms with Crippen LogP contribution in [0.25, 0.3) is 0 Å². The van der Waals surface area contributed by atoms with Gasteiger partial charge in [0.2, 0.25) is 0 Å². The van der Waals surface area contributed by atoms with Crippen LogP contribution in [0.5, 0.6) is 0 Å². The van der Waals surface area contributed by atoms with Gasteiger partial charge in [-0.05, 0) is 0 Å². The number of carbonyl (C=O) groups excluding carboxylic acids is 1. The summed E-state index contributed by atoms with van der Waals surface area (Å²) in [6.45, 7) is 0.510. The number of cyclic esters (lactones) is 1. The second-order valence-corrected chi connectivity index (χ2v) is 10.1. The first-order chi connectivity index (χ1) is 12.7. The van der Waals surface area contributed by atoms with E-state index in [1.54, 1.807) is 0 Å². The van der Waals surface area contributed by atoms with E-state index in [-0.39, 0.29) is 45.3 Å². The zero-order valence-electron chi connectivity index (χ0n) is 14.2. The molecule has 0 aromatic heterocycles. The van der Waals surface area contributed by atoms with E-state index in [2.05, 4.69) is 12.1 Å². The van der Waals surface area contributed by atoms with Crippen molar-refractivity contribution in [3.05, 3.63) is 66.2 Å². The number of ether oxygens (including phenoxy) is 3. The van der Waals surface area contributed by atoms with Crippen LogP contribution in [0.1, 0.15) is 24.7 Å². The molecule has 2 aromatic rings. The molecule has 1 aliphatic carbocycles. The minimum atomic E-state index is -0.426. The number of benzene rings is 2. The number of hydrogen-bond donors (Lipinski definition) is 0. The van der Waals surface area contributed by atoms with E-state index >= 15 is 0 Å². The van der Waals surface area contributed by atoms with Gasteiger partial charge in [-0.25, -0.2) is 0 Å². The summed E-state index contributed by atoms with van der Waals surface area (Å²) in [5.74, 6) is 0.172. The molecule has 0 unspecified atom stereocenters. The summed E-state index contributed by atoms with van der Waals surface area (Å²) < 4.78 is 18.8. The van der Waals surface area contributed by atoms with E-state index in [0.717, 1.165) is 12.0 Å². The first-order valence-corrected chi connectivity index (χ1v) is 10.7. The van der Waals surface area contributed by atoms with E-state index in [9.17, 15) is 4.79 Å². The van der Waals surface area contributed by atoms with Crippen LogP contribution in [-0.4, -0.2) is 39.7 Å². The van der Waals surface area contributed by atoms with Gasteiger partial charge in [0.05, 0.1) is 0 Å². The van der Waals surface area contributed by atoms with E-state index in [1.165, 1.54) is 4.46 Å². The average Bonchev–Trinajstić information content (AvgIpc) is 3.22. The Labute approximate surface area is 159 Å². The molecule has 2 aromatic carbocycles. The number of carbonyl (C=O) groups is 1. The molecule has 0 N–H and O–H groups in total. The predicted molar refractivity (Wildman–Crippen MR) is 97.1 cm³/mol. The predicted octanol–water partition coefficient (Wildman–Crippen LogP) is 2.62. The third kappa shape index (κ3) is 2.71. The van der Waals surface area contributed by atoms with Crippen molar-refractivity contribution in [2.24, 2.45) is 5.92 Å².